The molecule has 0 aliphatic heterocycles. The molecule has 0 radical (unpaired) electrons. The van der Waals surface area contributed by atoms with Crippen molar-refractivity contribution in [3.8, 4) is 0 Å². The largest absolute Gasteiger partial charge is 0.481 e. The second kappa shape index (κ2) is 8.58. The number of aliphatic hydroxyl groups excluding tert-OH is 1. The molecule has 0 unspecified atom stereocenters. The predicted octanol–water partition coefficient (Wildman–Crippen LogP) is -0.859. The Morgan fingerprint density at radius 2 is 1.86 bits per heavy atom. The van der Waals surface area contributed by atoms with Crippen molar-refractivity contribution in [1.82, 2.24) is 5.32 Å². The van der Waals surface area contributed by atoms with Crippen LogP contribution in [-0.4, -0.2) is 52.9 Å². The fourth-order valence-corrected chi connectivity index (χ4v) is 2.17. The highest BCUT2D eigenvalue weighted by Gasteiger charge is 2.27. The lowest BCUT2D eigenvalue weighted by atomic mass is 9.98. The lowest BCUT2D eigenvalue weighted by Gasteiger charge is -2.24. The van der Waals surface area contributed by atoms with Crippen molar-refractivity contribution in [2.45, 2.75) is 56.7 Å². The molecule has 21 heavy (non-hydrogen) atoms. The molecule has 0 saturated heterocycles. The maximum Gasteiger partial charge on any atom is 0.331 e. The van der Waals surface area contributed by atoms with Crippen LogP contribution in [-0.2, 0) is 19.1 Å². The van der Waals surface area contributed by atoms with Crippen LogP contribution in [0.4, 0.5) is 0 Å². The van der Waals surface area contributed by atoms with Gasteiger partial charge in [-0.1, -0.05) is 6.42 Å². The Bertz CT molecular complexity index is 381. The van der Waals surface area contributed by atoms with Gasteiger partial charge in [0.2, 0.25) is 5.91 Å². The normalized spacial score (nSPS) is 18.6. The first-order valence-corrected chi connectivity index (χ1v) is 7.03. The van der Waals surface area contributed by atoms with E-state index in [1.165, 1.54) is 0 Å². The van der Waals surface area contributed by atoms with E-state index in [0.29, 0.717) is 0 Å². The summed E-state index contributed by atoms with van der Waals surface area (Å²) in [4.78, 5) is 34.0. The van der Waals surface area contributed by atoms with Gasteiger partial charge in [0.15, 0.2) is 6.04 Å². The highest BCUT2D eigenvalue weighted by molar-refractivity contribution is 5.89. The number of amides is 1. The minimum atomic E-state index is -1.28. The van der Waals surface area contributed by atoms with Gasteiger partial charge in [0.05, 0.1) is 19.1 Å². The maximum atomic E-state index is 11.9. The van der Waals surface area contributed by atoms with E-state index in [4.69, 9.17) is 20.7 Å². The average Bonchev–Trinajstić information content (AvgIpc) is 2.44. The van der Waals surface area contributed by atoms with Crippen LogP contribution in [0, 0.1) is 0 Å². The van der Waals surface area contributed by atoms with Gasteiger partial charge in [0.1, 0.15) is 6.10 Å². The number of carboxylic acid groups (broad SMARTS) is 1. The van der Waals surface area contributed by atoms with Gasteiger partial charge in [-0.2, -0.15) is 0 Å². The van der Waals surface area contributed by atoms with E-state index in [9.17, 15) is 14.4 Å². The molecule has 0 bridgehead atoms. The fourth-order valence-electron chi connectivity index (χ4n) is 2.17. The Morgan fingerprint density at radius 3 is 2.38 bits per heavy atom. The molecule has 0 aromatic rings. The smallest absolute Gasteiger partial charge is 0.331 e. The van der Waals surface area contributed by atoms with E-state index >= 15 is 0 Å². The third-order valence-corrected chi connectivity index (χ3v) is 3.35. The Morgan fingerprint density at radius 1 is 1.24 bits per heavy atom. The summed E-state index contributed by atoms with van der Waals surface area (Å²) in [5, 5.41) is 19.9. The van der Waals surface area contributed by atoms with Gasteiger partial charge in [-0.25, -0.2) is 4.79 Å². The maximum absolute atomic E-state index is 11.9. The Hall–Kier alpha value is -1.67. The summed E-state index contributed by atoms with van der Waals surface area (Å²) in [5.41, 5.74) is 5.38. The van der Waals surface area contributed by atoms with Crippen LogP contribution in [0.25, 0.3) is 0 Å². The number of nitrogens with two attached hydrogens (primary N) is 1. The molecular formula is C13H22N2O6. The van der Waals surface area contributed by atoms with Gasteiger partial charge < -0.3 is 26.0 Å². The molecule has 1 aliphatic carbocycles. The van der Waals surface area contributed by atoms with Crippen LogP contribution in [0.1, 0.15) is 38.5 Å². The number of carbonyl (C=O) groups excluding carboxylic acids is 2. The number of hydrogen-bond donors (Lipinski definition) is 4. The van der Waals surface area contributed by atoms with Gasteiger partial charge in [-0.05, 0) is 25.7 Å². The number of aliphatic hydroxyl groups is 1. The minimum absolute atomic E-state index is 0.190. The summed E-state index contributed by atoms with van der Waals surface area (Å²) in [6.45, 7) is -0.628. The first-order chi connectivity index (χ1) is 9.93. The number of rotatable bonds is 7. The zero-order chi connectivity index (χ0) is 15.8. The fraction of sp³-hybridized carbons (Fsp3) is 0.769. The molecule has 2 atom stereocenters. The molecule has 8 nitrogen and oxygen atoms in total. The molecule has 0 spiro atoms. The molecule has 120 valence electrons. The minimum Gasteiger partial charge on any atom is -0.481 e. The topological polar surface area (TPSA) is 139 Å². The lowest BCUT2D eigenvalue weighted by molar-refractivity contribution is -0.155. The van der Waals surface area contributed by atoms with E-state index in [1.807, 2.05) is 0 Å². The van der Waals surface area contributed by atoms with Crippen molar-refractivity contribution in [1.29, 1.82) is 0 Å². The van der Waals surface area contributed by atoms with Gasteiger partial charge in [-0.3, -0.25) is 9.59 Å². The molecule has 0 heterocycles. The van der Waals surface area contributed by atoms with E-state index in [2.05, 4.69) is 5.32 Å². The molecule has 1 rings (SSSR count). The highest BCUT2D eigenvalue weighted by Crippen LogP contribution is 2.20. The van der Waals surface area contributed by atoms with E-state index < -0.39 is 43.0 Å². The second-order valence-electron chi connectivity index (χ2n) is 5.15. The van der Waals surface area contributed by atoms with Crippen LogP contribution in [0.3, 0.4) is 0 Å². The zero-order valence-electron chi connectivity index (χ0n) is 11.8. The summed E-state index contributed by atoms with van der Waals surface area (Å²) >= 11 is 0. The summed E-state index contributed by atoms with van der Waals surface area (Å²) in [7, 11) is 0. The number of ether oxygens (including phenoxy) is 1. The first kappa shape index (κ1) is 17.4. The predicted molar refractivity (Wildman–Crippen MR) is 72.2 cm³/mol. The monoisotopic (exact) mass is 302 g/mol. The van der Waals surface area contributed by atoms with Crippen LogP contribution in [0.2, 0.25) is 0 Å². The highest BCUT2D eigenvalue weighted by atomic mass is 16.5. The molecule has 1 aliphatic rings. The van der Waals surface area contributed by atoms with E-state index in [0.717, 1.165) is 32.1 Å². The standard InChI is InChI=1S/C13H22N2O6/c14-9(6-11(17)18)12(19)15-10(7-16)13(20)21-8-4-2-1-3-5-8/h8-10,16H,1-7,14H2,(H,15,19)(H,17,18)/t9-,10+/m1/s1. The van der Waals surface area contributed by atoms with Crippen LogP contribution >= 0.6 is 0 Å². The summed E-state index contributed by atoms with van der Waals surface area (Å²) < 4.78 is 5.24. The van der Waals surface area contributed by atoms with Crippen molar-refractivity contribution >= 4 is 17.8 Å². The quantitative estimate of drug-likeness (QED) is 0.449. The summed E-state index contributed by atoms with van der Waals surface area (Å²) in [6.07, 6.45) is 3.88. The average molecular weight is 302 g/mol. The molecule has 1 saturated carbocycles. The van der Waals surface area contributed by atoms with Gasteiger partial charge in [-0.15, -0.1) is 0 Å². The summed E-state index contributed by atoms with van der Waals surface area (Å²) in [5.74, 6) is -2.75. The number of hydrogen-bond acceptors (Lipinski definition) is 6. The molecule has 8 heteroatoms. The lowest BCUT2D eigenvalue weighted by Crippen LogP contribution is -2.51. The second-order valence-corrected chi connectivity index (χ2v) is 5.15. The van der Waals surface area contributed by atoms with Crippen molar-refractivity contribution in [3.63, 3.8) is 0 Å². The number of carbonyl (C=O) groups is 3. The number of esters is 1. The molecule has 0 aromatic heterocycles. The van der Waals surface area contributed by atoms with E-state index in [-0.39, 0.29) is 6.10 Å². The van der Waals surface area contributed by atoms with Crippen LogP contribution < -0.4 is 11.1 Å². The van der Waals surface area contributed by atoms with Crippen molar-refractivity contribution in [2.24, 2.45) is 5.73 Å². The third-order valence-electron chi connectivity index (χ3n) is 3.35. The number of aliphatic carboxylic acids is 1. The van der Waals surface area contributed by atoms with Crippen molar-refractivity contribution < 1.29 is 29.3 Å². The third kappa shape index (κ3) is 6.09. The SMILES string of the molecule is N[C@H](CC(=O)O)C(=O)N[C@@H](CO)C(=O)OC1CCCCC1. The van der Waals surface area contributed by atoms with Gasteiger partial charge in [0, 0.05) is 0 Å². The Balaban J connectivity index is 2.46. The summed E-state index contributed by atoms with van der Waals surface area (Å²) in [6, 6.07) is -2.50. The number of nitrogens with one attached hydrogen (secondary N) is 1. The number of carboxylic acids is 1. The van der Waals surface area contributed by atoms with Gasteiger partial charge >= 0.3 is 11.9 Å². The van der Waals surface area contributed by atoms with E-state index in [1.54, 1.807) is 0 Å². The molecule has 1 fully saturated rings. The zero-order valence-corrected chi connectivity index (χ0v) is 11.8. The molecule has 1 amide bonds. The van der Waals surface area contributed by atoms with Crippen LogP contribution in [0.15, 0.2) is 0 Å². The Labute approximate surface area is 122 Å². The van der Waals surface area contributed by atoms with Crippen molar-refractivity contribution in [2.75, 3.05) is 6.61 Å². The molecular weight excluding hydrogens is 280 g/mol. The molecule has 5 N–H and O–H groups in total. The Kier molecular flexibility index (Phi) is 7.10. The van der Waals surface area contributed by atoms with Gasteiger partial charge in [0.25, 0.3) is 0 Å². The first-order valence-electron chi connectivity index (χ1n) is 7.03. The van der Waals surface area contributed by atoms with Crippen molar-refractivity contribution in [3.05, 3.63) is 0 Å². The van der Waals surface area contributed by atoms with Crippen LogP contribution in [0.5, 0.6) is 0 Å². The molecule has 0 aromatic carbocycles.